The normalized spacial score (nSPS) is 10.6. The highest BCUT2D eigenvalue weighted by atomic mass is 35.5. The number of hydrogen-bond donors (Lipinski definition) is 1. The van der Waals surface area contributed by atoms with Gasteiger partial charge in [-0.25, -0.2) is 4.79 Å². The van der Waals surface area contributed by atoms with Crippen LogP contribution >= 0.6 is 23.2 Å². The van der Waals surface area contributed by atoms with Gasteiger partial charge in [0, 0.05) is 23.2 Å². The summed E-state index contributed by atoms with van der Waals surface area (Å²) in [6.45, 7) is 0. The number of non-ortho nitro benzene ring substituents is 1. The molecule has 9 heteroatoms. The number of rotatable bonds is 3. The van der Waals surface area contributed by atoms with Crippen LogP contribution in [0.4, 0.5) is 11.4 Å². The second-order valence-corrected chi connectivity index (χ2v) is 5.82. The van der Waals surface area contributed by atoms with E-state index in [9.17, 15) is 19.7 Å². The van der Waals surface area contributed by atoms with Crippen LogP contribution < -0.4 is 10.9 Å². The molecule has 3 rings (SSSR count). The SMILES string of the molecule is O=C(Nc1ccc(Cl)c(Cl)c1)c1cc2cc([N+](=O)[O-])ccc2oc1=O. The van der Waals surface area contributed by atoms with Crippen molar-refractivity contribution in [2.24, 2.45) is 0 Å². The van der Waals surface area contributed by atoms with Crippen LogP contribution in [-0.2, 0) is 0 Å². The van der Waals surface area contributed by atoms with Crippen LogP contribution in [0, 0.1) is 10.1 Å². The maximum Gasteiger partial charge on any atom is 0.349 e. The fourth-order valence-electron chi connectivity index (χ4n) is 2.15. The van der Waals surface area contributed by atoms with E-state index in [1.807, 2.05) is 0 Å². The van der Waals surface area contributed by atoms with Crippen molar-refractivity contribution in [3.63, 3.8) is 0 Å². The van der Waals surface area contributed by atoms with Gasteiger partial charge >= 0.3 is 5.63 Å². The Morgan fingerprint density at radius 3 is 2.52 bits per heavy atom. The van der Waals surface area contributed by atoms with E-state index in [4.69, 9.17) is 27.6 Å². The quantitative estimate of drug-likeness (QED) is 0.416. The summed E-state index contributed by atoms with van der Waals surface area (Å²) in [6, 6.07) is 9.39. The van der Waals surface area contributed by atoms with E-state index >= 15 is 0 Å². The first-order chi connectivity index (χ1) is 11.8. The Balaban J connectivity index is 1.99. The zero-order valence-corrected chi connectivity index (χ0v) is 13.8. The summed E-state index contributed by atoms with van der Waals surface area (Å²) in [4.78, 5) is 34.6. The number of halogens is 2. The number of amides is 1. The Hall–Kier alpha value is -2.90. The number of nitrogens with one attached hydrogen (secondary N) is 1. The molecule has 1 amide bonds. The molecule has 3 aromatic rings. The van der Waals surface area contributed by atoms with Crippen molar-refractivity contribution >= 4 is 51.5 Å². The molecule has 0 saturated heterocycles. The molecule has 1 aromatic heterocycles. The third-order valence-corrected chi connectivity index (χ3v) is 4.09. The summed E-state index contributed by atoms with van der Waals surface area (Å²) < 4.78 is 5.04. The van der Waals surface area contributed by atoms with Crippen LogP contribution in [-0.4, -0.2) is 10.8 Å². The van der Waals surface area contributed by atoms with Crippen LogP contribution in [0.5, 0.6) is 0 Å². The van der Waals surface area contributed by atoms with Gasteiger partial charge in [-0.05, 0) is 30.3 Å². The van der Waals surface area contributed by atoms with Crippen molar-refractivity contribution in [2.45, 2.75) is 0 Å². The molecule has 0 fully saturated rings. The standard InChI is InChI=1S/C16H8Cl2N2O5/c17-12-3-1-9(7-13(12)18)19-15(21)11-6-8-5-10(20(23)24)2-4-14(8)25-16(11)22/h1-7H,(H,19,21). The lowest BCUT2D eigenvalue weighted by Crippen LogP contribution is -2.20. The smallest absolute Gasteiger partial charge is 0.349 e. The third-order valence-electron chi connectivity index (χ3n) is 3.35. The van der Waals surface area contributed by atoms with Gasteiger partial charge in [0.15, 0.2) is 0 Å². The molecule has 0 radical (unpaired) electrons. The molecule has 0 unspecified atom stereocenters. The number of carbonyl (C=O) groups excluding carboxylic acids is 1. The second-order valence-electron chi connectivity index (χ2n) is 5.01. The molecule has 0 spiro atoms. The lowest BCUT2D eigenvalue weighted by Gasteiger charge is -2.06. The number of nitro benzene ring substituents is 1. The number of nitro groups is 1. The number of carbonyl (C=O) groups is 1. The number of benzene rings is 2. The van der Waals surface area contributed by atoms with Gasteiger partial charge in [-0.1, -0.05) is 23.2 Å². The molecule has 1 heterocycles. The van der Waals surface area contributed by atoms with Crippen molar-refractivity contribution < 1.29 is 14.1 Å². The first kappa shape index (κ1) is 16.9. The van der Waals surface area contributed by atoms with Crippen molar-refractivity contribution in [3.05, 3.63) is 78.6 Å². The highest BCUT2D eigenvalue weighted by molar-refractivity contribution is 6.42. The number of anilines is 1. The first-order valence-corrected chi connectivity index (χ1v) is 7.59. The minimum absolute atomic E-state index is 0.140. The van der Waals surface area contributed by atoms with Gasteiger partial charge in [0.25, 0.3) is 11.6 Å². The van der Waals surface area contributed by atoms with Crippen LogP contribution in [0.25, 0.3) is 11.0 Å². The highest BCUT2D eigenvalue weighted by Crippen LogP contribution is 2.25. The maximum absolute atomic E-state index is 12.3. The van der Waals surface area contributed by atoms with Crippen molar-refractivity contribution in [3.8, 4) is 0 Å². The van der Waals surface area contributed by atoms with Crippen molar-refractivity contribution in [1.82, 2.24) is 0 Å². The van der Waals surface area contributed by atoms with Crippen molar-refractivity contribution in [1.29, 1.82) is 0 Å². The second kappa shape index (κ2) is 6.54. The predicted octanol–water partition coefficient (Wildman–Crippen LogP) is 4.26. The summed E-state index contributed by atoms with van der Waals surface area (Å²) in [5, 5.41) is 14.1. The summed E-state index contributed by atoms with van der Waals surface area (Å²) in [6.07, 6.45) is 0. The molecule has 7 nitrogen and oxygen atoms in total. The molecule has 1 N–H and O–H groups in total. The Morgan fingerprint density at radius 1 is 1.08 bits per heavy atom. The maximum atomic E-state index is 12.3. The molecule has 0 aliphatic rings. The minimum Gasteiger partial charge on any atom is -0.422 e. The fraction of sp³-hybridized carbons (Fsp3) is 0. The highest BCUT2D eigenvalue weighted by Gasteiger charge is 2.16. The summed E-state index contributed by atoms with van der Waals surface area (Å²) >= 11 is 11.7. The van der Waals surface area contributed by atoms with Crippen LogP contribution in [0.15, 0.2) is 51.7 Å². The molecule has 0 aliphatic heterocycles. The van der Waals surface area contributed by atoms with Gasteiger partial charge in [-0.15, -0.1) is 0 Å². The largest absolute Gasteiger partial charge is 0.422 e. The Labute approximate surface area is 149 Å². The molecule has 0 aliphatic carbocycles. The Kier molecular flexibility index (Phi) is 4.43. The Bertz CT molecular complexity index is 1080. The molecular weight excluding hydrogens is 371 g/mol. The van der Waals surface area contributed by atoms with Gasteiger partial charge in [0.1, 0.15) is 11.1 Å². The molecule has 25 heavy (non-hydrogen) atoms. The van der Waals surface area contributed by atoms with E-state index in [0.717, 1.165) is 0 Å². The zero-order valence-electron chi connectivity index (χ0n) is 12.3. The predicted molar refractivity (Wildman–Crippen MR) is 93.6 cm³/mol. The summed E-state index contributed by atoms with van der Waals surface area (Å²) in [5.74, 6) is -0.736. The zero-order chi connectivity index (χ0) is 18.1. The number of fused-ring (bicyclic) bond motifs is 1. The monoisotopic (exact) mass is 378 g/mol. The Morgan fingerprint density at radius 2 is 1.84 bits per heavy atom. The van der Waals surface area contributed by atoms with Crippen LogP contribution in [0.2, 0.25) is 10.0 Å². The average molecular weight is 379 g/mol. The number of nitrogens with zero attached hydrogens (tertiary/aromatic N) is 1. The molecule has 2 aromatic carbocycles. The number of hydrogen-bond acceptors (Lipinski definition) is 5. The van der Waals surface area contributed by atoms with E-state index in [1.54, 1.807) is 0 Å². The molecular formula is C16H8Cl2N2O5. The van der Waals surface area contributed by atoms with E-state index < -0.39 is 16.5 Å². The van der Waals surface area contributed by atoms with Gasteiger partial charge in [-0.2, -0.15) is 0 Å². The summed E-state index contributed by atoms with van der Waals surface area (Å²) in [7, 11) is 0. The fourth-order valence-corrected chi connectivity index (χ4v) is 2.45. The lowest BCUT2D eigenvalue weighted by atomic mass is 10.1. The van der Waals surface area contributed by atoms with Crippen LogP contribution in [0.1, 0.15) is 10.4 Å². The lowest BCUT2D eigenvalue weighted by molar-refractivity contribution is -0.384. The summed E-state index contributed by atoms with van der Waals surface area (Å²) in [5.41, 5.74) is -0.866. The average Bonchev–Trinajstić information content (AvgIpc) is 2.57. The van der Waals surface area contributed by atoms with Gasteiger partial charge < -0.3 is 9.73 Å². The minimum atomic E-state index is -0.862. The van der Waals surface area contributed by atoms with E-state index in [1.165, 1.54) is 42.5 Å². The topological polar surface area (TPSA) is 102 Å². The van der Waals surface area contributed by atoms with E-state index in [-0.39, 0.29) is 27.2 Å². The molecule has 0 saturated carbocycles. The first-order valence-electron chi connectivity index (χ1n) is 6.84. The third kappa shape index (κ3) is 3.47. The van der Waals surface area contributed by atoms with Gasteiger partial charge in [0.05, 0.1) is 15.0 Å². The molecule has 0 bridgehead atoms. The molecule has 0 atom stereocenters. The van der Waals surface area contributed by atoms with E-state index in [2.05, 4.69) is 5.32 Å². The van der Waals surface area contributed by atoms with Gasteiger partial charge in [0.2, 0.25) is 0 Å². The van der Waals surface area contributed by atoms with Crippen molar-refractivity contribution in [2.75, 3.05) is 5.32 Å². The van der Waals surface area contributed by atoms with Crippen LogP contribution in [0.3, 0.4) is 0 Å². The van der Waals surface area contributed by atoms with E-state index in [0.29, 0.717) is 10.7 Å². The molecule has 126 valence electrons. The van der Waals surface area contributed by atoms with Gasteiger partial charge in [-0.3, -0.25) is 14.9 Å².